The second-order valence-electron chi connectivity index (χ2n) is 3.98. The van der Waals surface area contributed by atoms with E-state index in [-0.39, 0.29) is 11.7 Å². The van der Waals surface area contributed by atoms with Crippen molar-refractivity contribution >= 4 is 17.1 Å². The molecule has 3 heteroatoms. The van der Waals surface area contributed by atoms with Gasteiger partial charge in [-0.25, -0.2) is 0 Å². The quantitative estimate of drug-likeness (QED) is 0.807. The summed E-state index contributed by atoms with van der Waals surface area (Å²) in [5.41, 5.74) is 2.89. The van der Waals surface area contributed by atoms with Crippen molar-refractivity contribution in [2.75, 3.05) is 0 Å². The van der Waals surface area contributed by atoms with E-state index in [1.54, 1.807) is 23.0 Å². The maximum absolute atomic E-state index is 12.2. The molecule has 0 aliphatic carbocycles. The van der Waals surface area contributed by atoms with Gasteiger partial charge in [0.1, 0.15) is 5.78 Å². The van der Waals surface area contributed by atoms with Crippen molar-refractivity contribution < 1.29 is 4.79 Å². The second-order valence-corrected chi connectivity index (χ2v) is 4.95. The van der Waals surface area contributed by atoms with Crippen molar-refractivity contribution in [3.8, 4) is 0 Å². The van der Waals surface area contributed by atoms with E-state index < -0.39 is 0 Å². The molecule has 17 heavy (non-hydrogen) atoms. The SMILES string of the molecule is CCC(C(=O)Cc1cncs1)c1ccccc1. The van der Waals surface area contributed by atoms with Gasteiger partial charge in [-0.2, -0.15) is 0 Å². The number of rotatable bonds is 5. The number of hydrogen-bond donors (Lipinski definition) is 0. The predicted octanol–water partition coefficient (Wildman–Crippen LogP) is 3.45. The van der Waals surface area contributed by atoms with E-state index in [4.69, 9.17) is 0 Å². The normalized spacial score (nSPS) is 12.3. The zero-order valence-corrected chi connectivity index (χ0v) is 10.6. The minimum absolute atomic E-state index is 0.0123. The minimum atomic E-state index is 0.0123. The first-order chi connectivity index (χ1) is 8.31. The molecule has 2 nitrogen and oxygen atoms in total. The van der Waals surface area contributed by atoms with Crippen molar-refractivity contribution in [1.82, 2.24) is 4.98 Å². The Bertz CT molecular complexity index is 464. The van der Waals surface area contributed by atoms with Crippen molar-refractivity contribution in [3.63, 3.8) is 0 Å². The van der Waals surface area contributed by atoms with Crippen molar-refractivity contribution in [3.05, 3.63) is 52.5 Å². The van der Waals surface area contributed by atoms with Crippen LogP contribution in [0.5, 0.6) is 0 Å². The smallest absolute Gasteiger partial charge is 0.145 e. The molecule has 0 spiro atoms. The number of nitrogens with zero attached hydrogens (tertiary/aromatic N) is 1. The van der Waals surface area contributed by atoms with Crippen LogP contribution in [0.1, 0.15) is 29.7 Å². The maximum atomic E-state index is 12.2. The highest BCUT2D eigenvalue weighted by Crippen LogP contribution is 2.22. The lowest BCUT2D eigenvalue weighted by atomic mass is 9.90. The molecule has 0 radical (unpaired) electrons. The summed E-state index contributed by atoms with van der Waals surface area (Å²) in [6, 6.07) is 10.00. The molecule has 88 valence electrons. The summed E-state index contributed by atoms with van der Waals surface area (Å²) in [7, 11) is 0. The average molecular weight is 245 g/mol. The van der Waals surface area contributed by atoms with Gasteiger partial charge >= 0.3 is 0 Å². The number of benzene rings is 1. The molecule has 1 aromatic carbocycles. The Morgan fingerprint density at radius 1 is 1.35 bits per heavy atom. The topological polar surface area (TPSA) is 30.0 Å². The van der Waals surface area contributed by atoms with E-state index in [2.05, 4.69) is 11.9 Å². The summed E-state index contributed by atoms with van der Waals surface area (Å²) in [6.07, 6.45) is 3.12. The van der Waals surface area contributed by atoms with Crippen LogP contribution < -0.4 is 0 Å². The van der Waals surface area contributed by atoms with Crippen molar-refractivity contribution in [2.24, 2.45) is 0 Å². The van der Waals surface area contributed by atoms with E-state index in [9.17, 15) is 4.79 Å². The van der Waals surface area contributed by atoms with Crippen LogP contribution in [0.15, 0.2) is 42.0 Å². The Hall–Kier alpha value is -1.48. The monoisotopic (exact) mass is 245 g/mol. The molecule has 2 aromatic rings. The molecule has 1 unspecified atom stereocenters. The number of aromatic nitrogens is 1. The summed E-state index contributed by atoms with van der Waals surface area (Å²) >= 11 is 1.54. The van der Waals surface area contributed by atoms with E-state index >= 15 is 0 Å². The molecule has 1 aromatic heterocycles. The molecule has 0 saturated carbocycles. The van der Waals surface area contributed by atoms with Gasteiger partial charge in [0.25, 0.3) is 0 Å². The molecule has 0 fully saturated rings. The molecule has 0 saturated heterocycles. The van der Waals surface area contributed by atoms with Crippen LogP contribution in [0.3, 0.4) is 0 Å². The Kier molecular flexibility index (Phi) is 4.04. The molecular formula is C14H15NOS. The third kappa shape index (κ3) is 3.01. The number of hydrogen-bond acceptors (Lipinski definition) is 3. The van der Waals surface area contributed by atoms with E-state index in [1.807, 2.05) is 30.3 Å². The lowest BCUT2D eigenvalue weighted by Crippen LogP contribution is -2.13. The van der Waals surface area contributed by atoms with E-state index in [0.717, 1.165) is 16.9 Å². The highest BCUT2D eigenvalue weighted by Gasteiger charge is 2.18. The van der Waals surface area contributed by atoms with Gasteiger partial charge in [0.05, 0.1) is 5.51 Å². The third-order valence-electron chi connectivity index (χ3n) is 2.83. The summed E-state index contributed by atoms with van der Waals surface area (Å²) < 4.78 is 0. The Morgan fingerprint density at radius 3 is 2.71 bits per heavy atom. The second kappa shape index (κ2) is 5.73. The van der Waals surface area contributed by atoms with Crippen LogP contribution in [-0.4, -0.2) is 10.8 Å². The van der Waals surface area contributed by atoms with Crippen LogP contribution in [-0.2, 0) is 11.2 Å². The van der Waals surface area contributed by atoms with E-state index in [1.165, 1.54) is 0 Å². The molecule has 0 aliphatic rings. The van der Waals surface area contributed by atoms with Crippen molar-refractivity contribution in [1.29, 1.82) is 0 Å². The molecule has 0 amide bonds. The highest BCUT2D eigenvalue weighted by atomic mass is 32.1. The minimum Gasteiger partial charge on any atom is -0.299 e. The standard InChI is InChI=1S/C14H15NOS/c1-2-13(11-6-4-3-5-7-11)14(16)8-12-9-15-10-17-12/h3-7,9-10,13H,2,8H2,1H3. The third-order valence-corrected chi connectivity index (χ3v) is 3.61. The van der Waals surface area contributed by atoms with Crippen LogP contribution in [0.25, 0.3) is 0 Å². The van der Waals surface area contributed by atoms with Crippen LogP contribution in [0.2, 0.25) is 0 Å². The first-order valence-electron chi connectivity index (χ1n) is 5.76. The zero-order chi connectivity index (χ0) is 12.1. The molecule has 0 aliphatic heterocycles. The van der Waals surface area contributed by atoms with Crippen LogP contribution >= 0.6 is 11.3 Å². The summed E-state index contributed by atoms with van der Waals surface area (Å²) in [6.45, 7) is 2.06. The van der Waals surface area contributed by atoms with Crippen molar-refractivity contribution in [2.45, 2.75) is 25.7 Å². The summed E-state index contributed by atoms with van der Waals surface area (Å²) in [5, 5.41) is 0. The highest BCUT2D eigenvalue weighted by molar-refractivity contribution is 7.09. The van der Waals surface area contributed by atoms with Gasteiger partial charge in [0.15, 0.2) is 0 Å². The van der Waals surface area contributed by atoms with Gasteiger partial charge in [-0.3, -0.25) is 9.78 Å². The van der Waals surface area contributed by atoms with Gasteiger partial charge in [-0.1, -0.05) is 37.3 Å². The molecular weight excluding hydrogens is 230 g/mol. The van der Waals surface area contributed by atoms with Crippen LogP contribution in [0, 0.1) is 0 Å². The number of carbonyl (C=O) groups is 1. The van der Waals surface area contributed by atoms with Gasteiger partial charge in [0, 0.05) is 23.4 Å². The molecule has 1 atom stereocenters. The maximum Gasteiger partial charge on any atom is 0.145 e. The first-order valence-corrected chi connectivity index (χ1v) is 6.64. The molecule has 1 heterocycles. The fourth-order valence-corrected chi connectivity index (χ4v) is 2.56. The number of carbonyl (C=O) groups excluding carboxylic acids is 1. The van der Waals surface area contributed by atoms with E-state index in [0.29, 0.717) is 6.42 Å². The fraction of sp³-hybridized carbons (Fsp3) is 0.286. The Morgan fingerprint density at radius 2 is 2.12 bits per heavy atom. The van der Waals surface area contributed by atoms with Gasteiger partial charge in [0.2, 0.25) is 0 Å². The van der Waals surface area contributed by atoms with Crippen LogP contribution in [0.4, 0.5) is 0 Å². The lowest BCUT2D eigenvalue weighted by Gasteiger charge is -2.13. The molecule has 2 rings (SSSR count). The predicted molar refractivity (Wildman–Crippen MR) is 70.3 cm³/mol. The zero-order valence-electron chi connectivity index (χ0n) is 9.80. The lowest BCUT2D eigenvalue weighted by molar-refractivity contribution is -0.119. The Balaban J connectivity index is 2.11. The van der Waals surface area contributed by atoms with Gasteiger partial charge in [-0.05, 0) is 12.0 Å². The number of thiazole rings is 1. The number of ketones is 1. The Labute approximate surface area is 105 Å². The molecule has 0 N–H and O–H groups in total. The molecule has 0 bridgehead atoms. The van der Waals surface area contributed by atoms with Gasteiger partial charge < -0.3 is 0 Å². The first kappa shape index (κ1) is 12.0. The summed E-state index contributed by atoms with van der Waals surface area (Å²) in [4.78, 5) is 17.3. The number of Topliss-reactive ketones (excluding diaryl/α,β-unsaturated/α-hetero) is 1. The summed E-state index contributed by atoms with van der Waals surface area (Å²) in [5.74, 6) is 0.293. The largest absolute Gasteiger partial charge is 0.299 e. The van der Waals surface area contributed by atoms with Gasteiger partial charge in [-0.15, -0.1) is 11.3 Å². The fourth-order valence-electron chi connectivity index (χ4n) is 1.96. The average Bonchev–Trinajstić information content (AvgIpc) is 2.84.